The molecule has 1 aliphatic heterocycles. The van der Waals surface area contributed by atoms with Crippen LogP contribution in [0.5, 0.6) is 0 Å². The third kappa shape index (κ3) is 2.09. The lowest BCUT2D eigenvalue weighted by atomic mass is 10.1. The van der Waals surface area contributed by atoms with Gasteiger partial charge >= 0.3 is 0 Å². The molecular weight excluding hydrogens is 262 g/mol. The summed E-state index contributed by atoms with van der Waals surface area (Å²) in [6.45, 7) is 0. The number of nitrogens with zero attached hydrogens (tertiary/aromatic N) is 1. The zero-order valence-corrected chi connectivity index (χ0v) is 11.1. The van der Waals surface area contributed by atoms with E-state index in [2.05, 4.69) is 4.98 Å². The standard InChI is InChI=1S/C18H11NO2/c20-14-7-9-16-18(11-14)21-17-10-13(6-8-15(17)19-16)12-4-2-1-3-5-12/h1-11H. The molecule has 3 heteroatoms. The van der Waals surface area contributed by atoms with Gasteiger partial charge in [-0.1, -0.05) is 36.4 Å². The maximum atomic E-state index is 11.4. The fourth-order valence-electron chi connectivity index (χ4n) is 2.42. The second-order valence-electron chi connectivity index (χ2n) is 4.89. The Balaban J connectivity index is 1.97. The van der Waals surface area contributed by atoms with Gasteiger partial charge < -0.3 is 4.42 Å². The Morgan fingerprint density at radius 1 is 0.810 bits per heavy atom. The van der Waals surface area contributed by atoms with Crippen LogP contribution in [0.1, 0.15) is 0 Å². The summed E-state index contributed by atoms with van der Waals surface area (Å²) in [6.07, 6.45) is 0. The Labute approximate surface area is 120 Å². The van der Waals surface area contributed by atoms with Crippen LogP contribution in [0.4, 0.5) is 0 Å². The molecule has 0 fully saturated rings. The SMILES string of the molecule is O=c1ccc2nc3ccc(-c4ccccc4)cc3oc-2c1. The topological polar surface area (TPSA) is 43.1 Å². The van der Waals surface area contributed by atoms with Crippen LogP contribution < -0.4 is 5.43 Å². The summed E-state index contributed by atoms with van der Waals surface area (Å²) in [5, 5.41) is 0. The van der Waals surface area contributed by atoms with Crippen molar-refractivity contribution in [1.29, 1.82) is 0 Å². The molecule has 0 amide bonds. The first-order valence-corrected chi connectivity index (χ1v) is 6.70. The summed E-state index contributed by atoms with van der Waals surface area (Å²) in [6, 6.07) is 20.6. The van der Waals surface area contributed by atoms with E-state index in [9.17, 15) is 4.79 Å². The zero-order chi connectivity index (χ0) is 14.2. The number of benzene rings is 3. The van der Waals surface area contributed by atoms with Crippen molar-refractivity contribution in [1.82, 2.24) is 4.98 Å². The number of rotatable bonds is 1. The van der Waals surface area contributed by atoms with Crippen molar-refractivity contribution in [2.75, 3.05) is 0 Å². The summed E-state index contributed by atoms with van der Waals surface area (Å²) >= 11 is 0. The minimum Gasteiger partial charge on any atom is -0.453 e. The first-order chi connectivity index (χ1) is 10.3. The molecule has 0 radical (unpaired) electrons. The second-order valence-corrected chi connectivity index (χ2v) is 4.89. The van der Waals surface area contributed by atoms with Crippen LogP contribution in [-0.2, 0) is 0 Å². The Kier molecular flexibility index (Phi) is 2.57. The molecule has 0 bridgehead atoms. The molecule has 100 valence electrons. The Morgan fingerprint density at radius 3 is 2.52 bits per heavy atom. The Morgan fingerprint density at radius 2 is 1.67 bits per heavy atom. The van der Waals surface area contributed by atoms with E-state index in [1.54, 1.807) is 6.07 Å². The zero-order valence-electron chi connectivity index (χ0n) is 11.1. The first-order valence-electron chi connectivity index (χ1n) is 6.70. The summed E-state index contributed by atoms with van der Waals surface area (Å²) in [5.41, 5.74) is 4.25. The molecule has 21 heavy (non-hydrogen) atoms. The van der Waals surface area contributed by atoms with E-state index < -0.39 is 0 Å². The van der Waals surface area contributed by atoms with E-state index in [1.807, 2.05) is 48.5 Å². The molecule has 1 heterocycles. The third-order valence-corrected chi connectivity index (χ3v) is 3.46. The number of hydrogen-bond acceptors (Lipinski definition) is 3. The average molecular weight is 273 g/mol. The van der Waals surface area contributed by atoms with Crippen molar-refractivity contribution in [2.45, 2.75) is 0 Å². The molecule has 0 saturated heterocycles. The minimum absolute atomic E-state index is 0.0772. The lowest BCUT2D eigenvalue weighted by Crippen LogP contribution is -1.99. The van der Waals surface area contributed by atoms with Gasteiger partial charge in [0, 0.05) is 6.07 Å². The molecule has 0 spiro atoms. The lowest BCUT2D eigenvalue weighted by molar-refractivity contribution is 0.612. The molecule has 2 aromatic carbocycles. The van der Waals surface area contributed by atoms with Gasteiger partial charge in [0.2, 0.25) is 0 Å². The number of fused-ring (bicyclic) bond motifs is 2. The molecule has 2 aliphatic rings. The molecule has 0 N–H and O–H groups in total. The summed E-state index contributed by atoms with van der Waals surface area (Å²) in [4.78, 5) is 15.9. The molecule has 0 unspecified atom stereocenters. The molecule has 3 nitrogen and oxygen atoms in total. The van der Waals surface area contributed by atoms with Crippen molar-refractivity contribution in [3.63, 3.8) is 0 Å². The monoisotopic (exact) mass is 273 g/mol. The quantitative estimate of drug-likeness (QED) is 0.493. The maximum Gasteiger partial charge on any atom is 0.182 e. The van der Waals surface area contributed by atoms with E-state index in [0.717, 1.165) is 16.6 Å². The minimum atomic E-state index is -0.0772. The van der Waals surface area contributed by atoms with Gasteiger partial charge in [-0.15, -0.1) is 0 Å². The molecule has 0 saturated carbocycles. The average Bonchev–Trinajstić information content (AvgIpc) is 2.53. The molecule has 2 aromatic rings. The first kappa shape index (κ1) is 11.9. The fraction of sp³-hybridized carbons (Fsp3) is 0. The Bertz CT molecular complexity index is 957. The van der Waals surface area contributed by atoms with Crippen molar-refractivity contribution >= 4 is 11.1 Å². The van der Waals surface area contributed by atoms with Gasteiger partial charge in [-0.25, -0.2) is 4.98 Å². The van der Waals surface area contributed by atoms with Gasteiger partial charge in [-0.05, 0) is 35.4 Å². The van der Waals surface area contributed by atoms with Gasteiger partial charge in [-0.3, -0.25) is 4.79 Å². The van der Waals surface area contributed by atoms with Crippen LogP contribution >= 0.6 is 0 Å². The normalized spacial score (nSPS) is 11.0. The van der Waals surface area contributed by atoms with Gasteiger partial charge in [-0.2, -0.15) is 0 Å². The van der Waals surface area contributed by atoms with Crippen LogP contribution in [0.15, 0.2) is 75.9 Å². The van der Waals surface area contributed by atoms with E-state index >= 15 is 0 Å². The highest BCUT2D eigenvalue weighted by Gasteiger charge is 2.09. The van der Waals surface area contributed by atoms with E-state index in [0.29, 0.717) is 17.0 Å². The van der Waals surface area contributed by atoms with Crippen molar-refractivity contribution in [2.24, 2.45) is 0 Å². The molecule has 0 aromatic heterocycles. The fourth-order valence-corrected chi connectivity index (χ4v) is 2.42. The van der Waals surface area contributed by atoms with Crippen molar-refractivity contribution < 1.29 is 4.42 Å². The molecule has 1 aliphatic carbocycles. The Hall–Kier alpha value is -2.94. The smallest absolute Gasteiger partial charge is 0.182 e. The molecular formula is C18H11NO2. The van der Waals surface area contributed by atoms with Gasteiger partial charge in [0.25, 0.3) is 0 Å². The number of aromatic nitrogens is 1. The number of hydrogen-bond donors (Lipinski definition) is 0. The highest BCUT2D eigenvalue weighted by Crippen LogP contribution is 2.27. The largest absolute Gasteiger partial charge is 0.453 e. The van der Waals surface area contributed by atoms with Crippen LogP contribution in [0.25, 0.3) is 33.7 Å². The third-order valence-electron chi connectivity index (χ3n) is 3.46. The van der Waals surface area contributed by atoms with Crippen LogP contribution in [0, 0.1) is 0 Å². The predicted octanol–water partition coefficient (Wildman–Crippen LogP) is 3.96. The van der Waals surface area contributed by atoms with Gasteiger partial charge in [0.1, 0.15) is 11.2 Å². The van der Waals surface area contributed by atoms with Crippen LogP contribution in [-0.4, -0.2) is 4.98 Å². The van der Waals surface area contributed by atoms with E-state index in [1.165, 1.54) is 12.1 Å². The molecule has 4 rings (SSSR count). The van der Waals surface area contributed by atoms with Gasteiger partial charge in [0.15, 0.2) is 16.8 Å². The van der Waals surface area contributed by atoms with Crippen LogP contribution in [0.2, 0.25) is 0 Å². The van der Waals surface area contributed by atoms with E-state index in [4.69, 9.17) is 4.42 Å². The van der Waals surface area contributed by atoms with E-state index in [-0.39, 0.29) is 5.43 Å². The molecule has 0 atom stereocenters. The van der Waals surface area contributed by atoms with Crippen molar-refractivity contribution in [3.8, 4) is 22.6 Å². The van der Waals surface area contributed by atoms with Crippen molar-refractivity contribution in [3.05, 3.63) is 77.0 Å². The lowest BCUT2D eigenvalue weighted by Gasteiger charge is -2.07. The second kappa shape index (κ2) is 4.56. The highest BCUT2D eigenvalue weighted by molar-refractivity contribution is 5.82. The maximum absolute atomic E-state index is 11.4. The summed E-state index contributed by atoms with van der Waals surface area (Å²) in [5.74, 6) is 0.514. The summed E-state index contributed by atoms with van der Waals surface area (Å²) in [7, 11) is 0. The van der Waals surface area contributed by atoms with Gasteiger partial charge in [0.05, 0.1) is 0 Å². The predicted molar refractivity (Wildman–Crippen MR) is 82.3 cm³/mol. The highest BCUT2D eigenvalue weighted by atomic mass is 16.3. The summed E-state index contributed by atoms with van der Waals surface area (Å²) < 4.78 is 5.83. The van der Waals surface area contributed by atoms with Crippen LogP contribution in [0.3, 0.4) is 0 Å².